The lowest BCUT2D eigenvalue weighted by atomic mass is 9.95. The van der Waals surface area contributed by atoms with Crippen LogP contribution in [0.5, 0.6) is 5.75 Å². The zero-order valence-electron chi connectivity index (χ0n) is 14.4. The van der Waals surface area contributed by atoms with Crippen LogP contribution < -0.4 is 4.74 Å². The van der Waals surface area contributed by atoms with Crippen molar-refractivity contribution in [2.24, 2.45) is 0 Å². The molecule has 9 heteroatoms. The number of carbonyl (C=O) groups is 2. The summed E-state index contributed by atoms with van der Waals surface area (Å²) in [5.41, 5.74) is 0.272. The monoisotopic (exact) mass is 424 g/mol. The maximum atomic E-state index is 13.4. The van der Waals surface area contributed by atoms with Gasteiger partial charge in [0.1, 0.15) is 5.75 Å². The lowest BCUT2D eigenvalue weighted by Gasteiger charge is -2.28. The average Bonchev–Trinajstić information content (AvgIpc) is 2.64. The highest BCUT2D eigenvalue weighted by atomic mass is 35.5. The molecule has 2 aromatic rings. The standard InChI is InChI=1S/C20H12ClF3O5/c21-13-7-12-8-15(19(27)28)18(20(22,23)24)29-17(12)14(9-13)11-3-1-2-10(6-11)4-5-16(25)26/h1-9,18H,(H,25,26)(H,27,28). The van der Waals surface area contributed by atoms with Gasteiger partial charge in [-0.2, -0.15) is 13.2 Å². The first-order chi connectivity index (χ1) is 13.6. The van der Waals surface area contributed by atoms with Gasteiger partial charge in [0.2, 0.25) is 6.10 Å². The second kappa shape index (κ2) is 7.63. The number of hydrogen-bond donors (Lipinski definition) is 2. The van der Waals surface area contributed by atoms with Crippen LogP contribution >= 0.6 is 11.6 Å². The summed E-state index contributed by atoms with van der Waals surface area (Å²) in [6.07, 6.45) is -4.44. The molecule has 150 valence electrons. The van der Waals surface area contributed by atoms with Crippen LogP contribution in [0.3, 0.4) is 0 Å². The Hall–Kier alpha value is -3.26. The Morgan fingerprint density at radius 2 is 1.86 bits per heavy atom. The third-order valence-corrected chi connectivity index (χ3v) is 4.29. The summed E-state index contributed by atoms with van der Waals surface area (Å²) in [6, 6.07) is 9.05. The summed E-state index contributed by atoms with van der Waals surface area (Å²) in [7, 11) is 0. The van der Waals surface area contributed by atoms with E-state index in [-0.39, 0.29) is 21.9 Å². The topological polar surface area (TPSA) is 83.8 Å². The van der Waals surface area contributed by atoms with Crippen LogP contribution in [0.15, 0.2) is 48.0 Å². The Morgan fingerprint density at radius 1 is 1.14 bits per heavy atom. The van der Waals surface area contributed by atoms with E-state index in [1.165, 1.54) is 18.2 Å². The quantitative estimate of drug-likeness (QED) is 0.682. The van der Waals surface area contributed by atoms with Crippen LogP contribution in [0, 0.1) is 0 Å². The summed E-state index contributed by atoms with van der Waals surface area (Å²) in [5, 5.41) is 18.1. The largest absolute Gasteiger partial charge is 0.478 e. The molecular weight excluding hydrogens is 413 g/mol. The maximum absolute atomic E-state index is 13.4. The minimum Gasteiger partial charge on any atom is -0.478 e. The number of halogens is 4. The Morgan fingerprint density at radius 3 is 2.48 bits per heavy atom. The van der Waals surface area contributed by atoms with E-state index >= 15 is 0 Å². The van der Waals surface area contributed by atoms with E-state index in [0.29, 0.717) is 11.1 Å². The van der Waals surface area contributed by atoms with Gasteiger partial charge in [-0.1, -0.05) is 29.8 Å². The lowest BCUT2D eigenvalue weighted by Crippen LogP contribution is -2.40. The molecule has 0 spiro atoms. The van der Waals surface area contributed by atoms with E-state index in [4.69, 9.17) is 26.6 Å². The SMILES string of the molecule is O=C(O)C=Cc1cccc(-c2cc(Cl)cc3c2OC(C(F)(F)F)C(C(=O)O)=C3)c1. The zero-order valence-corrected chi connectivity index (χ0v) is 15.2. The number of carboxylic acid groups (broad SMARTS) is 2. The number of fused-ring (bicyclic) bond motifs is 1. The Kier molecular flexibility index (Phi) is 5.39. The van der Waals surface area contributed by atoms with Gasteiger partial charge < -0.3 is 14.9 Å². The fourth-order valence-electron chi connectivity index (χ4n) is 2.89. The molecule has 1 aliphatic heterocycles. The molecule has 0 saturated carbocycles. The van der Waals surface area contributed by atoms with Gasteiger partial charge in [0.25, 0.3) is 0 Å². The van der Waals surface area contributed by atoms with E-state index in [1.54, 1.807) is 24.3 Å². The molecule has 0 amide bonds. The third kappa shape index (κ3) is 4.43. The number of carboxylic acids is 2. The first-order valence-corrected chi connectivity index (χ1v) is 8.47. The molecular formula is C20H12ClF3O5. The molecule has 3 rings (SSSR count). The van der Waals surface area contributed by atoms with Crippen molar-refractivity contribution in [1.29, 1.82) is 0 Å². The molecule has 1 heterocycles. The molecule has 0 bridgehead atoms. The number of aliphatic carboxylic acids is 2. The number of hydrogen-bond acceptors (Lipinski definition) is 3. The van der Waals surface area contributed by atoms with Gasteiger partial charge in [-0.3, -0.25) is 0 Å². The van der Waals surface area contributed by atoms with Gasteiger partial charge in [0, 0.05) is 22.2 Å². The Labute approximate surface area is 167 Å². The highest BCUT2D eigenvalue weighted by Gasteiger charge is 2.48. The summed E-state index contributed by atoms with van der Waals surface area (Å²) in [4.78, 5) is 22.0. The third-order valence-electron chi connectivity index (χ3n) is 4.07. The van der Waals surface area contributed by atoms with Crippen LogP contribution in [0.1, 0.15) is 11.1 Å². The first kappa shape index (κ1) is 20.5. The predicted octanol–water partition coefficient (Wildman–Crippen LogP) is 4.90. The molecule has 5 nitrogen and oxygen atoms in total. The van der Waals surface area contributed by atoms with Crippen LogP contribution in [0.2, 0.25) is 5.02 Å². The van der Waals surface area contributed by atoms with Crippen LogP contribution in [0.25, 0.3) is 23.3 Å². The van der Waals surface area contributed by atoms with Gasteiger partial charge in [-0.25, -0.2) is 9.59 Å². The molecule has 2 aromatic carbocycles. The van der Waals surface area contributed by atoms with E-state index in [9.17, 15) is 22.8 Å². The fourth-order valence-corrected chi connectivity index (χ4v) is 3.11. The minimum absolute atomic E-state index is 0.0943. The van der Waals surface area contributed by atoms with E-state index < -0.39 is 29.8 Å². The van der Waals surface area contributed by atoms with Crippen molar-refractivity contribution in [1.82, 2.24) is 0 Å². The molecule has 0 fully saturated rings. The van der Waals surface area contributed by atoms with E-state index in [0.717, 1.165) is 12.2 Å². The number of ether oxygens (including phenoxy) is 1. The second-order valence-electron chi connectivity index (χ2n) is 6.11. The predicted molar refractivity (Wildman–Crippen MR) is 99.6 cm³/mol. The maximum Gasteiger partial charge on any atom is 0.430 e. The number of benzene rings is 2. The number of rotatable bonds is 4. The molecule has 0 radical (unpaired) electrons. The van der Waals surface area contributed by atoms with Crippen LogP contribution in [-0.4, -0.2) is 34.4 Å². The molecule has 1 aliphatic rings. The molecule has 0 saturated heterocycles. The molecule has 1 atom stereocenters. The lowest BCUT2D eigenvalue weighted by molar-refractivity contribution is -0.187. The van der Waals surface area contributed by atoms with Crippen molar-refractivity contribution >= 4 is 35.7 Å². The van der Waals surface area contributed by atoms with E-state index in [1.807, 2.05) is 0 Å². The van der Waals surface area contributed by atoms with Gasteiger partial charge in [-0.05, 0) is 41.5 Å². The van der Waals surface area contributed by atoms with Crippen molar-refractivity contribution in [3.8, 4) is 16.9 Å². The van der Waals surface area contributed by atoms with Gasteiger partial charge in [0.15, 0.2) is 0 Å². The molecule has 0 aromatic heterocycles. The molecule has 1 unspecified atom stereocenters. The molecule has 2 N–H and O–H groups in total. The van der Waals surface area contributed by atoms with Crippen molar-refractivity contribution in [3.05, 3.63) is 64.2 Å². The summed E-state index contributed by atoms with van der Waals surface area (Å²) >= 11 is 6.08. The highest BCUT2D eigenvalue weighted by molar-refractivity contribution is 6.31. The van der Waals surface area contributed by atoms with Crippen LogP contribution in [-0.2, 0) is 9.59 Å². The van der Waals surface area contributed by atoms with Crippen molar-refractivity contribution in [3.63, 3.8) is 0 Å². The highest BCUT2D eigenvalue weighted by Crippen LogP contribution is 2.44. The van der Waals surface area contributed by atoms with Crippen LogP contribution in [0.4, 0.5) is 13.2 Å². The normalized spacial score (nSPS) is 16.1. The minimum atomic E-state index is -4.94. The van der Waals surface area contributed by atoms with Gasteiger partial charge in [0.05, 0.1) is 5.57 Å². The van der Waals surface area contributed by atoms with Gasteiger partial charge in [-0.15, -0.1) is 0 Å². The summed E-state index contributed by atoms with van der Waals surface area (Å²) < 4.78 is 45.2. The average molecular weight is 425 g/mol. The van der Waals surface area contributed by atoms with Crippen molar-refractivity contribution in [2.45, 2.75) is 12.3 Å². The fraction of sp³-hybridized carbons (Fsp3) is 0.100. The van der Waals surface area contributed by atoms with Crippen molar-refractivity contribution < 1.29 is 37.7 Å². The Bertz CT molecular complexity index is 1060. The second-order valence-corrected chi connectivity index (χ2v) is 6.55. The van der Waals surface area contributed by atoms with E-state index in [2.05, 4.69) is 0 Å². The zero-order chi connectivity index (χ0) is 21.3. The summed E-state index contributed by atoms with van der Waals surface area (Å²) in [5.74, 6) is -3.07. The molecule has 0 aliphatic carbocycles. The first-order valence-electron chi connectivity index (χ1n) is 8.09. The molecule has 29 heavy (non-hydrogen) atoms. The number of alkyl halides is 3. The van der Waals surface area contributed by atoms with Crippen molar-refractivity contribution in [2.75, 3.05) is 0 Å². The smallest absolute Gasteiger partial charge is 0.430 e. The summed E-state index contributed by atoms with van der Waals surface area (Å²) in [6.45, 7) is 0. The van der Waals surface area contributed by atoms with Gasteiger partial charge >= 0.3 is 18.1 Å². The Balaban J connectivity index is 2.17.